The molecule has 2 aliphatic heterocycles. The number of hydrogen-bond donors (Lipinski definition) is 4. The minimum atomic E-state index is -1.05. The predicted octanol–water partition coefficient (Wildman–Crippen LogP) is 4.59. The van der Waals surface area contributed by atoms with Crippen LogP contribution in [0, 0.1) is 45.3 Å². The van der Waals surface area contributed by atoms with Gasteiger partial charge in [0.25, 0.3) is 0 Å². The van der Waals surface area contributed by atoms with Crippen molar-refractivity contribution in [1.29, 1.82) is 0 Å². The molecule has 2 saturated heterocycles. The Morgan fingerprint density at radius 3 is 2.26 bits per heavy atom. The number of aliphatic hydroxyl groups is 4. The van der Waals surface area contributed by atoms with Gasteiger partial charge in [0.1, 0.15) is 12.2 Å². The van der Waals surface area contributed by atoms with E-state index in [1.807, 2.05) is 6.08 Å². The van der Waals surface area contributed by atoms with Crippen LogP contribution in [0.25, 0.3) is 0 Å². The normalized spacial score (nSPS) is 52.3. The van der Waals surface area contributed by atoms with Gasteiger partial charge in [-0.1, -0.05) is 45.9 Å². The molecule has 6 rings (SSSR count). The third-order valence-corrected chi connectivity index (χ3v) is 12.6. The number of ether oxygens (including phenoxy) is 1. The van der Waals surface area contributed by atoms with Crippen molar-refractivity contribution in [1.82, 2.24) is 0 Å². The highest BCUT2D eigenvalue weighted by molar-refractivity contribution is 5.25. The number of rotatable bonds is 4. The number of fused-ring (bicyclic) bond motifs is 5. The Labute approximate surface area is 211 Å². The summed E-state index contributed by atoms with van der Waals surface area (Å²) in [6.45, 7) is 17.4. The molecule has 4 N–H and O–H groups in total. The van der Waals surface area contributed by atoms with Crippen molar-refractivity contribution < 1.29 is 25.2 Å². The Kier molecular flexibility index (Phi) is 5.84. The molecule has 0 aromatic heterocycles. The molecule has 6 aliphatic rings. The van der Waals surface area contributed by atoms with Crippen LogP contribution in [0.5, 0.6) is 0 Å². The fourth-order valence-electron chi connectivity index (χ4n) is 10.5. The lowest BCUT2D eigenvalue weighted by molar-refractivity contribution is -0.404. The van der Waals surface area contributed by atoms with Gasteiger partial charge in [-0.2, -0.15) is 0 Å². The van der Waals surface area contributed by atoms with Gasteiger partial charge >= 0.3 is 0 Å². The monoisotopic (exact) mass is 488 g/mol. The number of allylic oxidation sites excluding steroid dienone is 1. The van der Waals surface area contributed by atoms with Crippen molar-refractivity contribution in [3.63, 3.8) is 0 Å². The van der Waals surface area contributed by atoms with Crippen LogP contribution in [0.3, 0.4) is 0 Å². The topological polar surface area (TPSA) is 90.2 Å². The van der Waals surface area contributed by atoms with Crippen LogP contribution in [0.2, 0.25) is 0 Å². The van der Waals surface area contributed by atoms with Gasteiger partial charge in [0.2, 0.25) is 0 Å². The Morgan fingerprint density at radius 2 is 1.66 bits per heavy atom. The fraction of sp³-hybridized carbons (Fsp3) is 0.867. The quantitative estimate of drug-likeness (QED) is 0.435. The number of aliphatic hydroxyl groups excluding tert-OH is 3. The Morgan fingerprint density at radius 1 is 1.00 bits per heavy atom. The highest BCUT2D eigenvalue weighted by Crippen LogP contribution is 2.77. The molecule has 5 nitrogen and oxygen atoms in total. The van der Waals surface area contributed by atoms with Crippen molar-refractivity contribution in [3.05, 3.63) is 23.8 Å². The van der Waals surface area contributed by atoms with Gasteiger partial charge in [0.05, 0.1) is 12.7 Å². The summed E-state index contributed by atoms with van der Waals surface area (Å²) in [6, 6.07) is 0. The van der Waals surface area contributed by atoms with E-state index >= 15 is 0 Å². The maximum Gasteiger partial charge on any atom is 0.170 e. The fourth-order valence-corrected chi connectivity index (χ4v) is 10.5. The first-order valence-corrected chi connectivity index (χ1v) is 13.9. The van der Waals surface area contributed by atoms with E-state index in [0.717, 1.165) is 44.1 Å². The van der Waals surface area contributed by atoms with Crippen LogP contribution < -0.4 is 0 Å². The lowest BCUT2D eigenvalue weighted by Crippen LogP contribution is -2.75. The lowest BCUT2D eigenvalue weighted by atomic mass is 9.33. The summed E-state index contributed by atoms with van der Waals surface area (Å²) in [5.41, 5.74) is 1.36. The molecule has 11 atom stereocenters. The van der Waals surface area contributed by atoms with E-state index in [9.17, 15) is 20.4 Å². The second kappa shape index (κ2) is 7.89. The van der Waals surface area contributed by atoms with Crippen molar-refractivity contribution in [2.45, 2.75) is 111 Å². The highest BCUT2D eigenvalue weighted by Gasteiger charge is 2.75. The average molecular weight is 489 g/mol. The zero-order valence-corrected chi connectivity index (χ0v) is 22.7. The minimum absolute atomic E-state index is 0.0110. The van der Waals surface area contributed by atoms with Gasteiger partial charge < -0.3 is 25.2 Å². The molecule has 4 aliphatic carbocycles. The molecule has 35 heavy (non-hydrogen) atoms. The van der Waals surface area contributed by atoms with Crippen molar-refractivity contribution in [2.75, 3.05) is 6.61 Å². The van der Waals surface area contributed by atoms with E-state index in [2.05, 4.69) is 41.2 Å². The molecule has 0 radical (unpaired) electrons. The van der Waals surface area contributed by atoms with Gasteiger partial charge in [-0.15, -0.1) is 0 Å². The van der Waals surface area contributed by atoms with Crippen molar-refractivity contribution >= 4 is 0 Å². The number of hydrogen-bond acceptors (Lipinski definition) is 5. The van der Waals surface area contributed by atoms with E-state index < -0.39 is 24.1 Å². The summed E-state index contributed by atoms with van der Waals surface area (Å²) in [4.78, 5) is 0. The Hall–Kier alpha value is -0.720. The highest BCUT2D eigenvalue weighted by atomic mass is 16.6. The van der Waals surface area contributed by atoms with E-state index in [0.29, 0.717) is 36.4 Å². The molecular weight excluding hydrogens is 440 g/mol. The van der Waals surface area contributed by atoms with Crippen LogP contribution >= 0.6 is 0 Å². The molecule has 2 bridgehead atoms. The summed E-state index contributed by atoms with van der Waals surface area (Å²) >= 11 is 0. The van der Waals surface area contributed by atoms with E-state index in [1.54, 1.807) is 6.92 Å². The Balaban J connectivity index is 1.49. The smallest absolute Gasteiger partial charge is 0.170 e. The maximum absolute atomic E-state index is 11.9. The zero-order chi connectivity index (χ0) is 25.8. The third kappa shape index (κ3) is 3.17. The molecule has 0 aromatic rings. The van der Waals surface area contributed by atoms with Crippen LogP contribution in [0.1, 0.15) is 86.5 Å². The standard InChI is InChI=1S/C30H48O5/c1-17(2)24(33)21(31)14-18(3)19-8-10-27(6)20(19)15-22(32)25-28(27,7)11-9-23-26(4,5)30(34)13-12-29(23,25)16-35-30/h14,19-25,31-34H,1,8-13,15-16H2,2-7H3/b18-14+/t19-,20?,21+,22?,23?,24?,25?,27-,28-,29-,30-/m1/s1. The molecule has 198 valence electrons. The molecule has 4 saturated carbocycles. The second-order valence-electron chi connectivity index (χ2n) is 14.2. The predicted molar refractivity (Wildman–Crippen MR) is 136 cm³/mol. The van der Waals surface area contributed by atoms with Crippen LogP contribution in [0.4, 0.5) is 0 Å². The first-order valence-electron chi connectivity index (χ1n) is 13.9. The second-order valence-corrected chi connectivity index (χ2v) is 14.2. The van der Waals surface area contributed by atoms with Crippen molar-refractivity contribution in [2.24, 2.45) is 45.3 Å². The van der Waals surface area contributed by atoms with Crippen LogP contribution in [0.15, 0.2) is 23.8 Å². The summed E-state index contributed by atoms with van der Waals surface area (Å²) < 4.78 is 6.25. The largest absolute Gasteiger partial charge is 0.393 e. The summed E-state index contributed by atoms with van der Waals surface area (Å²) in [5.74, 6) is 0.112. The molecular formula is C30H48O5. The first kappa shape index (κ1) is 25.9. The molecule has 1 spiro atoms. The molecule has 0 amide bonds. The van der Waals surface area contributed by atoms with Crippen molar-refractivity contribution in [3.8, 4) is 0 Å². The Bertz CT molecular complexity index is 914. The SMILES string of the molecule is C=C(C)C(O)[C@@H](O)/C=C(\C)[C@H]1CC[C@]2(C)C1CC(O)C1[C@]34CC[C@@](O)(OC3)C(C)(C)C4CC[C@]12C. The van der Waals surface area contributed by atoms with Gasteiger partial charge in [0.15, 0.2) is 5.79 Å². The van der Waals surface area contributed by atoms with Gasteiger partial charge in [-0.25, -0.2) is 0 Å². The van der Waals surface area contributed by atoms with Gasteiger partial charge in [-0.05, 0) is 92.4 Å². The van der Waals surface area contributed by atoms with Crippen LogP contribution in [-0.4, -0.2) is 51.1 Å². The van der Waals surface area contributed by atoms with E-state index in [-0.39, 0.29) is 27.6 Å². The maximum atomic E-state index is 11.9. The minimum Gasteiger partial charge on any atom is -0.393 e. The molecule has 6 fully saturated rings. The summed E-state index contributed by atoms with van der Waals surface area (Å²) in [5, 5.41) is 44.1. The van der Waals surface area contributed by atoms with Gasteiger partial charge in [0, 0.05) is 17.3 Å². The average Bonchev–Trinajstić information content (AvgIpc) is 3.12. The summed E-state index contributed by atoms with van der Waals surface area (Å²) in [6.07, 6.45) is 6.18. The molecule has 5 heteroatoms. The van der Waals surface area contributed by atoms with E-state index in [1.165, 1.54) is 0 Å². The van der Waals surface area contributed by atoms with E-state index in [4.69, 9.17) is 4.74 Å². The molecule has 2 heterocycles. The third-order valence-electron chi connectivity index (χ3n) is 12.6. The molecule has 0 aromatic carbocycles. The lowest BCUT2D eigenvalue weighted by Gasteiger charge is -2.74. The molecule has 5 unspecified atom stereocenters. The first-order chi connectivity index (χ1) is 16.1. The van der Waals surface area contributed by atoms with Crippen LogP contribution in [-0.2, 0) is 4.74 Å². The van der Waals surface area contributed by atoms with Gasteiger partial charge in [-0.3, -0.25) is 0 Å². The zero-order valence-electron chi connectivity index (χ0n) is 22.7. The summed E-state index contributed by atoms with van der Waals surface area (Å²) in [7, 11) is 0.